The van der Waals surface area contributed by atoms with Crippen molar-refractivity contribution in [3.05, 3.63) is 53.1 Å². The standard InChI is InChI=1S/C23H32N4O3/c1-16-6-17(2)8-18(7-16)19-9-20(22-14-25(15-24-22)4-5-30-3)11-26(10-19)23(29)27-12-21(28)13-27/h6-8,14-15,19-21,28H,4-5,9-13H2,1-3H3. The van der Waals surface area contributed by atoms with Crippen molar-refractivity contribution in [2.45, 2.75) is 44.8 Å². The molecule has 1 aromatic carbocycles. The Kier molecular flexibility index (Phi) is 6.11. The Morgan fingerprint density at radius 1 is 1.10 bits per heavy atom. The summed E-state index contributed by atoms with van der Waals surface area (Å²) in [6.45, 7) is 7.89. The number of methoxy groups -OCH3 is 1. The number of imidazole rings is 1. The molecule has 2 saturated heterocycles. The van der Waals surface area contributed by atoms with Crippen molar-refractivity contribution in [1.82, 2.24) is 19.4 Å². The molecular weight excluding hydrogens is 380 g/mol. The van der Waals surface area contributed by atoms with Crippen LogP contribution in [-0.4, -0.2) is 76.5 Å². The number of aryl methyl sites for hydroxylation is 2. The summed E-state index contributed by atoms with van der Waals surface area (Å²) in [6.07, 6.45) is 4.52. The number of hydrogen-bond donors (Lipinski definition) is 1. The molecule has 2 aliphatic heterocycles. The molecule has 2 aromatic rings. The van der Waals surface area contributed by atoms with Crippen LogP contribution in [0.1, 0.15) is 40.6 Å². The van der Waals surface area contributed by atoms with Crippen LogP contribution in [0.4, 0.5) is 4.79 Å². The van der Waals surface area contributed by atoms with Gasteiger partial charge in [0.25, 0.3) is 0 Å². The molecule has 3 heterocycles. The first kappa shape index (κ1) is 20.9. The van der Waals surface area contributed by atoms with E-state index < -0.39 is 0 Å². The molecule has 2 amide bonds. The number of likely N-dealkylation sites (tertiary alicyclic amines) is 2. The molecule has 2 atom stereocenters. The molecular formula is C23H32N4O3. The Bertz CT molecular complexity index is 870. The second kappa shape index (κ2) is 8.78. The zero-order valence-electron chi connectivity index (χ0n) is 18.1. The van der Waals surface area contributed by atoms with Gasteiger partial charge in [-0.3, -0.25) is 0 Å². The molecule has 162 valence electrons. The van der Waals surface area contributed by atoms with Gasteiger partial charge in [0.1, 0.15) is 0 Å². The van der Waals surface area contributed by atoms with Gasteiger partial charge in [-0.25, -0.2) is 9.78 Å². The number of benzene rings is 1. The fraction of sp³-hybridized carbons (Fsp3) is 0.565. The first-order valence-electron chi connectivity index (χ1n) is 10.7. The lowest BCUT2D eigenvalue weighted by molar-refractivity contribution is 0.0116. The smallest absolute Gasteiger partial charge is 0.320 e. The molecule has 0 saturated carbocycles. The number of urea groups is 1. The maximum atomic E-state index is 13.1. The highest BCUT2D eigenvalue weighted by Gasteiger charge is 2.38. The number of aliphatic hydroxyl groups excluding tert-OH is 1. The lowest BCUT2D eigenvalue weighted by Crippen LogP contribution is -2.59. The molecule has 7 nitrogen and oxygen atoms in total. The van der Waals surface area contributed by atoms with Crippen molar-refractivity contribution < 1.29 is 14.6 Å². The van der Waals surface area contributed by atoms with E-state index in [2.05, 4.69) is 47.8 Å². The fourth-order valence-corrected chi connectivity index (χ4v) is 4.68. The number of ether oxygens (including phenoxy) is 1. The molecule has 0 bridgehead atoms. The second-order valence-corrected chi connectivity index (χ2v) is 8.83. The lowest BCUT2D eigenvalue weighted by atomic mass is 9.82. The molecule has 0 radical (unpaired) electrons. The number of piperidine rings is 1. The number of nitrogens with zero attached hydrogens (tertiary/aromatic N) is 4. The van der Waals surface area contributed by atoms with Crippen LogP contribution in [0.15, 0.2) is 30.7 Å². The van der Waals surface area contributed by atoms with Crippen molar-refractivity contribution in [3.8, 4) is 0 Å². The third-order valence-electron chi connectivity index (χ3n) is 6.19. The number of aliphatic hydroxyl groups is 1. The van der Waals surface area contributed by atoms with E-state index in [9.17, 15) is 9.90 Å². The van der Waals surface area contributed by atoms with E-state index in [1.54, 1.807) is 12.0 Å². The zero-order valence-corrected chi connectivity index (χ0v) is 18.1. The average molecular weight is 413 g/mol. The quantitative estimate of drug-likeness (QED) is 0.819. The summed E-state index contributed by atoms with van der Waals surface area (Å²) < 4.78 is 7.23. The number of carbonyl (C=O) groups excluding carboxylic acids is 1. The Hall–Kier alpha value is -2.38. The van der Waals surface area contributed by atoms with Gasteiger partial charge in [-0.05, 0) is 25.8 Å². The van der Waals surface area contributed by atoms with Gasteiger partial charge >= 0.3 is 6.03 Å². The van der Waals surface area contributed by atoms with Crippen molar-refractivity contribution in [2.24, 2.45) is 0 Å². The van der Waals surface area contributed by atoms with Gasteiger partial charge in [-0.15, -0.1) is 0 Å². The Morgan fingerprint density at radius 3 is 2.43 bits per heavy atom. The van der Waals surface area contributed by atoms with Crippen molar-refractivity contribution >= 4 is 6.03 Å². The lowest BCUT2D eigenvalue weighted by Gasteiger charge is -2.44. The van der Waals surface area contributed by atoms with Crippen LogP contribution in [0.3, 0.4) is 0 Å². The monoisotopic (exact) mass is 412 g/mol. The highest BCUT2D eigenvalue weighted by molar-refractivity contribution is 5.75. The number of β-amino-alcohol motifs (C(OH)–C–C–N with tert-alkyl or cyclic N) is 1. The van der Waals surface area contributed by atoms with Crippen molar-refractivity contribution in [1.29, 1.82) is 0 Å². The van der Waals surface area contributed by atoms with E-state index in [-0.39, 0.29) is 24.0 Å². The van der Waals surface area contributed by atoms with Crippen molar-refractivity contribution in [3.63, 3.8) is 0 Å². The molecule has 4 rings (SSSR count). The minimum atomic E-state index is -0.388. The predicted octanol–water partition coefficient (Wildman–Crippen LogP) is 2.52. The van der Waals surface area contributed by atoms with Crippen LogP contribution >= 0.6 is 0 Å². The Balaban J connectivity index is 1.57. The number of rotatable bonds is 5. The van der Waals surface area contributed by atoms with Crippen LogP contribution in [0.25, 0.3) is 0 Å². The summed E-state index contributed by atoms with van der Waals surface area (Å²) in [5, 5.41) is 9.62. The van der Waals surface area contributed by atoms with E-state index in [0.717, 1.165) is 18.7 Å². The molecule has 1 N–H and O–H groups in total. The molecule has 30 heavy (non-hydrogen) atoms. The molecule has 2 fully saturated rings. The molecule has 7 heteroatoms. The number of hydrogen-bond acceptors (Lipinski definition) is 4. The van der Waals surface area contributed by atoms with Gasteiger partial charge in [0.15, 0.2) is 0 Å². The molecule has 2 aliphatic rings. The molecule has 0 aliphatic carbocycles. The fourth-order valence-electron chi connectivity index (χ4n) is 4.68. The van der Waals surface area contributed by atoms with E-state index in [1.165, 1.54) is 16.7 Å². The van der Waals surface area contributed by atoms with Gasteiger partial charge in [0.2, 0.25) is 0 Å². The summed E-state index contributed by atoms with van der Waals surface area (Å²) in [6, 6.07) is 6.70. The normalized spacial score (nSPS) is 22.3. The maximum absolute atomic E-state index is 13.1. The summed E-state index contributed by atoms with van der Waals surface area (Å²) >= 11 is 0. The van der Waals surface area contributed by atoms with Crippen LogP contribution in [0.5, 0.6) is 0 Å². The van der Waals surface area contributed by atoms with E-state index in [0.29, 0.717) is 32.8 Å². The zero-order chi connectivity index (χ0) is 21.3. The third kappa shape index (κ3) is 4.52. The summed E-state index contributed by atoms with van der Waals surface area (Å²) in [5.74, 6) is 0.449. The maximum Gasteiger partial charge on any atom is 0.320 e. The van der Waals surface area contributed by atoms with Crippen molar-refractivity contribution in [2.75, 3.05) is 39.9 Å². The topological polar surface area (TPSA) is 70.8 Å². The van der Waals surface area contributed by atoms with E-state index in [1.807, 2.05) is 11.2 Å². The van der Waals surface area contributed by atoms with Gasteiger partial charge in [0.05, 0.1) is 37.8 Å². The van der Waals surface area contributed by atoms with Gasteiger partial charge in [-0.2, -0.15) is 0 Å². The van der Waals surface area contributed by atoms with Crippen LogP contribution in [0.2, 0.25) is 0 Å². The number of aromatic nitrogens is 2. The SMILES string of the molecule is COCCn1cnc(C2CC(c3cc(C)cc(C)c3)CN(C(=O)N3CC(O)C3)C2)c1. The Morgan fingerprint density at radius 2 is 1.77 bits per heavy atom. The van der Waals surface area contributed by atoms with Gasteiger partial charge in [0, 0.05) is 44.8 Å². The highest BCUT2D eigenvalue weighted by atomic mass is 16.5. The first-order valence-corrected chi connectivity index (χ1v) is 10.7. The van der Waals surface area contributed by atoms with Gasteiger partial charge in [-0.1, -0.05) is 29.3 Å². The number of amides is 2. The second-order valence-electron chi connectivity index (χ2n) is 8.83. The summed E-state index contributed by atoms with van der Waals surface area (Å²) in [4.78, 5) is 21.4. The number of carbonyl (C=O) groups is 1. The summed E-state index contributed by atoms with van der Waals surface area (Å²) in [7, 11) is 1.70. The van der Waals surface area contributed by atoms with E-state index >= 15 is 0 Å². The van der Waals surface area contributed by atoms with Crippen LogP contribution in [-0.2, 0) is 11.3 Å². The molecule has 0 spiro atoms. The molecule has 2 unspecified atom stereocenters. The predicted molar refractivity (Wildman–Crippen MR) is 115 cm³/mol. The highest BCUT2D eigenvalue weighted by Crippen LogP contribution is 2.36. The van der Waals surface area contributed by atoms with E-state index in [4.69, 9.17) is 4.74 Å². The Labute approximate surface area is 178 Å². The minimum Gasteiger partial charge on any atom is -0.389 e. The third-order valence-corrected chi connectivity index (χ3v) is 6.19. The molecule has 1 aromatic heterocycles. The summed E-state index contributed by atoms with van der Waals surface area (Å²) in [5.41, 5.74) is 4.82. The van der Waals surface area contributed by atoms with Gasteiger partial charge < -0.3 is 24.2 Å². The van der Waals surface area contributed by atoms with Crippen LogP contribution < -0.4 is 0 Å². The largest absolute Gasteiger partial charge is 0.389 e. The average Bonchev–Trinajstić information content (AvgIpc) is 3.17. The first-order chi connectivity index (χ1) is 14.4. The minimum absolute atomic E-state index is 0.0261. The van der Waals surface area contributed by atoms with Crippen LogP contribution in [0, 0.1) is 13.8 Å².